The highest BCUT2D eigenvalue weighted by Gasteiger charge is 2.29. The van der Waals surface area contributed by atoms with Crippen LogP contribution in [0.4, 0.5) is 0 Å². The van der Waals surface area contributed by atoms with E-state index in [0.29, 0.717) is 13.0 Å². The maximum Gasteiger partial charge on any atom is 0.331 e. The van der Waals surface area contributed by atoms with Crippen LogP contribution >= 0.6 is 0 Å². The van der Waals surface area contributed by atoms with Gasteiger partial charge in [0.2, 0.25) is 0 Å². The van der Waals surface area contributed by atoms with Crippen molar-refractivity contribution in [1.82, 2.24) is 10.4 Å². The van der Waals surface area contributed by atoms with Crippen molar-refractivity contribution in [2.75, 3.05) is 19.7 Å². The standard InChI is InChI=1S/C15H23N3O4/c19-14(20)11-22-18-10-8-13(17-21)7-4-9-16-15(18)12-5-2-1-3-6-12/h1-3,5,12-13,15-16H,4,6-11H2,(H,19,20). The van der Waals surface area contributed by atoms with Crippen LogP contribution in [0.2, 0.25) is 0 Å². The summed E-state index contributed by atoms with van der Waals surface area (Å²) < 4.78 is 0. The number of nitroso groups, excluding NO2 is 1. The molecule has 0 spiro atoms. The van der Waals surface area contributed by atoms with Crippen molar-refractivity contribution in [3.8, 4) is 0 Å². The van der Waals surface area contributed by atoms with Crippen LogP contribution in [0.1, 0.15) is 25.7 Å². The van der Waals surface area contributed by atoms with Crippen molar-refractivity contribution in [1.29, 1.82) is 0 Å². The monoisotopic (exact) mass is 309 g/mol. The molecular formula is C15H23N3O4. The summed E-state index contributed by atoms with van der Waals surface area (Å²) in [4.78, 5) is 27.1. The molecule has 1 aliphatic heterocycles. The molecule has 1 saturated heterocycles. The van der Waals surface area contributed by atoms with E-state index in [2.05, 4.69) is 22.6 Å². The van der Waals surface area contributed by atoms with Gasteiger partial charge in [0.1, 0.15) is 0 Å². The summed E-state index contributed by atoms with van der Waals surface area (Å²) in [6.07, 6.45) is 11.1. The number of hydrogen-bond acceptors (Lipinski definition) is 6. The van der Waals surface area contributed by atoms with E-state index in [1.807, 2.05) is 12.2 Å². The van der Waals surface area contributed by atoms with E-state index in [1.165, 1.54) is 0 Å². The second-order valence-corrected chi connectivity index (χ2v) is 5.61. The van der Waals surface area contributed by atoms with Crippen LogP contribution in [0.15, 0.2) is 29.5 Å². The van der Waals surface area contributed by atoms with E-state index >= 15 is 0 Å². The lowest BCUT2D eigenvalue weighted by Crippen LogP contribution is -2.51. The quantitative estimate of drug-likeness (QED) is 0.751. The largest absolute Gasteiger partial charge is 0.479 e. The van der Waals surface area contributed by atoms with Crippen molar-refractivity contribution in [2.24, 2.45) is 11.1 Å². The predicted octanol–water partition coefficient (Wildman–Crippen LogP) is 1.67. The summed E-state index contributed by atoms with van der Waals surface area (Å²) in [5.41, 5.74) is 0. The lowest BCUT2D eigenvalue weighted by atomic mass is 9.97. The first-order valence-electron chi connectivity index (χ1n) is 7.71. The predicted molar refractivity (Wildman–Crippen MR) is 81.9 cm³/mol. The van der Waals surface area contributed by atoms with Crippen molar-refractivity contribution >= 4 is 5.97 Å². The van der Waals surface area contributed by atoms with Gasteiger partial charge in [0.25, 0.3) is 0 Å². The molecule has 3 unspecified atom stereocenters. The Morgan fingerprint density at radius 2 is 2.27 bits per heavy atom. The van der Waals surface area contributed by atoms with Gasteiger partial charge in [-0.3, -0.25) is 10.2 Å². The molecule has 0 amide bonds. The molecule has 2 N–H and O–H groups in total. The lowest BCUT2D eigenvalue weighted by molar-refractivity contribution is -0.209. The summed E-state index contributed by atoms with van der Waals surface area (Å²) in [6.45, 7) is 0.844. The number of nitrogens with one attached hydrogen (secondary N) is 1. The first kappa shape index (κ1) is 16.8. The molecule has 0 aromatic carbocycles. The molecule has 0 bridgehead atoms. The van der Waals surface area contributed by atoms with Crippen LogP contribution in [0, 0.1) is 10.8 Å². The third-order valence-electron chi connectivity index (χ3n) is 3.98. The molecule has 1 fully saturated rings. The highest BCUT2D eigenvalue weighted by atomic mass is 16.7. The molecule has 0 radical (unpaired) electrons. The van der Waals surface area contributed by atoms with Gasteiger partial charge < -0.3 is 5.11 Å². The Balaban J connectivity index is 2.08. The van der Waals surface area contributed by atoms with Crippen LogP contribution in [0.25, 0.3) is 0 Å². The molecule has 7 nitrogen and oxygen atoms in total. The SMILES string of the molecule is O=NC1CCCNC(C2C=CC=CC2)N(OCC(=O)O)CC1. The number of aliphatic carboxylic acids is 1. The highest BCUT2D eigenvalue weighted by Crippen LogP contribution is 2.22. The van der Waals surface area contributed by atoms with E-state index in [0.717, 1.165) is 25.8 Å². The van der Waals surface area contributed by atoms with Gasteiger partial charge in [0.05, 0.1) is 12.2 Å². The molecule has 2 rings (SSSR count). The number of hydrogen-bond donors (Lipinski definition) is 2. The van der Waals surface area contributed by atoms with Crippen LogP contribution in [0.5, 0.6) is 0 Å². The van der Waals surface area contributed by atoms with E-state index in [-0.39, 0.29) is 24.7 Å². The fourth-order valence-corrected chi connectivity index (χ4v) is 2.84. The Bertz CT molecular complexity index is 439. The number of carboxylic acid groups (broad SMARTS) is 1. The van der Waals surface area contributed by atoms with E-state index < -0.39 is 5.97 Å². The highest BCUT2D eigenvalue weighted by molar-refractivity contribution is 5.67. The summed E-state index contributed by atoms with van der Waals surface area (Å²) >= 11 is 0. The van der Waals surface area contributed by atoms with Gasteiger partial charge in [-0.2, -0.15) is 9.97 Å². The zero-order chi connectivity index (χ0) is 15.8. The van der Waals surface area contributed by atoms with Crippen molar-refractivity contribution < 1.29 is 14.7 Å². The van der Waals surface area contributed by atoms with Crippen molar-refractivity contribution in [3.05, 3.63) is 29.2 Å². The number of carboxylic acids is 1. The lowest BCUT2D eigenvalue weighted by Gasteiger charge is -2.35. The normalized spacial score (nSPS) is 30.3. The van der Waals surface area contributed by atoms with Gasteiger partial charge in [0.15, 0.2) is 6.61 Å². The first-order chi connectivity index (χ1) is 10.7. The summed E-state index contributed by atoms with van der Waals surface area (Å²) in [5.74, 6) is -0.803. The average Bonchev–Trinajstić information content (AvgIpc) is 2.63. The molecule has 0 aromatic rings. The molecule has 2 aliphatic rings. The number of hydroxylamine groups is 2. The van der Waals surface area contributed by atoms with E-state index in [4.69, 9.17) is 9.94 Å². The van der Waals surface area contributed by atoms with E-state index in [1.54, 1.807) is 5.06 Å². The molecule has 0 aromatic heterocycles. The number of allylic oxidation sites excluding steroid dienone is 3. The molecule has 7 heteroatoms. The maximum absolute atomic E-state index is 10.8. The van der Waals surface area contributed by atoms with Crippen molar-refractivity contribution in [3.63, 3.8) is 0 Å². The van der Waals surface area contributed by atoms with E-state index in [9.17, 15) is 9.70 Å². The zero-order valence-electron chi connectivity index (χ0n) is 12.6. The van der Waals surface area contributed by atoms with Gasteiger partial charge in [-0.15, -0.1) is 0 Å². The Morgan fingerprint density at radius 3 is 2.95 bits per heavy atom. The summed E-state index contributed by atoms with van der Waals surface area (Å²) in [5, 5.41) is 17.1. The Kier molecular flexibility index (Phi) is 6.70. The van der Waals surface area contributed by atoms with Crippen LogP contribution in [-0.4, -0.2) is 48.0 Å². The Hall–Kier alpha value is -1.57. The second kappa shape index (κ2) is 8.77. The summed E-state index contributed by atoms with van der Waals surface area (Å²) in [6, 6.07) is -0.238. The first-order valence-corrected chi connectivity index (χ1v) is 7.71. The third-order valence-corrected chi connectivity index (χ3v) is 3.98. The Morgan fingerprint density at radius 1 is 1.41 bits per heavy atom. The topological polar surface area (TPSA) is 91.2 Å². The molecule has 3 atom stereocenters. The molecule has 122 valence electrons. The van der Waals surface area contributed by atoms with Crippen LogP contribution < -0.4 is 5.32 Å². The van der Waals surface area contributed by atoms with Gasteiger partial charge in [-0.25, -0.2) is 4.79 Å². The smallest absolute Gasteiger partial charge is 0.331 e. The minimum absolute atomic E-state index is 0.106. The number of carbonyl (C=O) groups is 1. The fourth-order valence-electron chi connectivity index (χ4n) is 2.84. The zero-order valence-corrected chi connectivity index (χ0v) is 12.6. The molecule has 0 saturated carbocycles. The van der Waals surface area contributed by atoms with Gasteiger partial charge in [0, 0.05) is 12.5 Å². The maximum atomic E-state index is 10.8. The third kappa shape index (κ3) is 5.01. The van der Waals surface area contributed by atoms with Crippen molar-refractivity contribution in [2.45, 2.75) is 37.9 Å². The van der Waals surface area contributed by atoms with Gasteiger partial charge in [-0.1, -0.05) is 29.5 Å². The second-order valence-electron chi connectivity index (χ2n) is 5.61. The molecular weight excluding hydrogens is 286 g/mol. The fraction of sp³-hybridized carbons (Fsp3) is 0.667. The number of nitrogens with zero attached hydrogens (tertiary/aromatic N) is 2. The van der Waals surface area contributed by atoms with Gasteiger partial charge in [-0.05, 0) is 32.2 Å². The average molecular weight is 309 g/mol. The minimum atomic E-state index is -1.01. The minimum Gasteiger partial charge on any atom is -0.479 e. The molecule has 1 heterocycles. The number of rotatable bonds is 5. The van der Waals surface area contributed by atoms with Crippen LogP contribution in [-0.2, 0) is 9.63 Å². The molecule has 22 heavy (non-hydrogen) atoms. The molecule has 1 aliphatic carbocycles. The van der Waals surface area contributed by atoms with Gasteiger partial charge >= 0.3 is 5.97 Å². The summed E-state index contributed by atoms with van der Waals surface area (Å²) in [7, 11) is 0. The Labute approximate surface area is 129 Å². The van der Waals surface area contributed by atoms with Crippen LogP contribution in [0.3, 0.4) is 0 Å².